The standard InChI is InChI=1S/C32H29F3N6O3/c1-19(2)22-10-13-39(14-11-22)15-12-23-16-21(18-36)8-9-26(23)28-27(29(42)44-4)20(3)40(30-37-38-31(43)41(28)30)25-7-5-6-24(17-25)32(33,34)35/h5-11,13-14,16-17,19,28H,12,15H2,1-4H3/p+1. The van der Waals surface area contributed by atoms with Gasteiger partial charge in [0, 0.05) is 29.9 Å². The lowest BCUT2D eigenvalue weighted by molar-refractivity contribution is -0.696. The van der Waals surface area contributed by atoms with Gasteiger partial charge in [-0.2, -0.15) is 18.4 Å². The normalized spacial score (nSPS) is 14.9. The minimum absolute atomic E-state index is 0.00145. The number of hydrogen-bond donors (Lipinski definition) is 1. The minimum Gasteiger partial charge on any atom is -0.466 e. The number of methoxy groups -OCH3 is 1. The number of nitriles is 1. The number of aromatic nitrogens is 4. The van der Waals surface area contributed by atoms with Gasteiger partial charge in [-0.15, -0.1) is 5.10 Å². The van der Waals surface area contributed by atoms with Crippen molar-refractivity contribution in [2.45, 2.75) is 51.9 Å². The molecule has 12 heteroatoms. The van der Waals surface area contributed by atoms with Gasteiger partial charge >= 0.3 is 17.8 Å². The van der Waals surface area contributed by atoms with E-state index in [1.165, 1.54) is 34.3 Å². The smallest absolute Gasteiger partial charge is 0.416 e. The molecule has 2 aromatic carbocycles. The highest BCUT2D eigenvalue weighted by atomic mass is 19.4. The van der Waals surface area contributed by atoms with E-state index in [2.05, 4.69) is 30.1 Å². The first kappa shape index (κ1) is 30.3. The van der Waals surface area contributed by atoms with Crippen molar-refractivity contribution in [1.29, 1.82) is 5.26 Å². The number of fused-ring (bicyclic) bond motifs is 1. The van der Waals surface area contributed by atoms with Crippen LogP contribution >= 0.6 is 0 Å². The van der Waals surface area contributed by atoms with Crippen LogP contribution in [0.25, 0.3) is 0 Å². The Morgan fingerprint density at radius 3 is 2.52 bits per heavy atom. The predicted molar refractivity (Wildman–Crippen MR) is 155 cm³/mol. The number of halogens is 3. The Kier molecular flexibility index (Phi) is 8.15. The number of H-pyrrole nitrogens is 1. The molecule has 0 radical (unpaired) electrons. The van der Waals surface area contributed by atoms with Crippen molar-refractivity contribution in [3.63, 3.8) is 0 Å². The molecule has 1 N–H and O–H groups in total. The second kappa shape index (κ2) is 11.8. The van der Waals surface area contributed by atoms with Gasteiger partial charge in [0.15, 0.2) is 18.9 Å². The highest BCUT2D eigenvalue weighted by Gasteiger charge is 2.41. The summed E-state index contributed by atoms with van der Waals surface area (Å²) in [6.07, 6.45) is -0.231. The van der Waals surface area contributed by atoms with E-state index in [0.717, 1.165) is 12.1 Å². The van der Waals surface area contributed by atoms with Gasteiger partial charge in [0.05, 0.1) is 29.9 Å². The molecule has 0 saturated heterocycles. The Morgan fingerprint density at radius 1 is 1.16 bits per heavy atom. The third-order valence-corrected chi connectivity index (χ3v) is 7.77. The lowest BCUT2D eigenvalue weighted by Gasteiger charge is -2.36. The fourth-order valence-electron chi connectivity index (χ4n) is 5.49. The van der Waals surface area contributed by atoms with Crippen molar-refractivity contribution in [3.8, 4) is 6.07 Å². The molecular weight excluding hydrogens is 573 g/mol. The molecule has 0 amide bonds. The lowest BCUT2D eigenvalue weighted by Crippen LogP contribution is -2.38. The molecule has 0 aliphatic carbocycles. The number of aryl methyl sites for hydroxylation is 2. The lowest BCUT2D eigenvalue weighted by atomic mass is 9.89. The summed E-state index contributed by atoms with van der Waals surface area (Å²) in [5.74, 6) is -0.393. The third kappa shape index (κ3) is 5.60. The van der Waals surface area contributed by atoms with E-state index in [4.69, 9.17) is 4.74 Å². The van der Waals surface area contributed by atoms with Gasteiger partial charge in [-0.05, 0) is 59.9 Å². The van der Waals surface area contributed by atoms with Gasteiger partial charge in [-0.25, -0.2) is 23.8 Å². The van der Waals surface area contributed by atoms with E-state index in [1.54, 1.807) is 25.1 Å². The number of aromatic amines is 1. The van der Waals surface area contributed by atoms with Crippen LogP contribution in [-0.4, -0.2) is 27.8 Å². The van der Waals surface area contributed by atoms with Crippen LogP contribution in [0.15, 0.2) is 83.1 Å². The summed E-state index contributed by atoms with van der Waals surface area (Å²) in [7, 11) is 1.19. The quantitative estimate of drug-likeness (QED) is 0.227. The molecule has 0 fully saturated rings. The van der Waals surface area contributed by atoms with Gasteiger partial charge in [-0.1, -0.05) is 26.0 Å². The number of ether oxygens (including phenoxy) is 1. The topological polar surface area (TPSA) is 108 Å². The van der Waals surface area contributed by atoms with Crippen LogP contribution in [0, 0.1) is 11.3 Å². The SMILES string of the molecule is COC(=O)C1=C(C)N(c2cccc(C(F)(F)F)c2)c2n[nH]c(=O)n2C1c1ccc(C#N)cc1CC[n+]1ccc(C(C)C)cc1. The van der Waals surface area contributed by atoms with Gasteiger partial charge in [0.2, 0.25) is 5.95 Å². The van der Waals surface area contributed by atoms with E-state index in [0.29, 0.717) is 35.6 Å². The molecule has 2 aromatic heterocycles. The molecule has 1 aliphatic heterocycles. The Balaban J connectivity index is 1.67. The number of hydrogen-bond acceptors (Lipinski definition) is 6. The highest BCUT2D eigenvalue weighted by molar-refractivity contribution is 5.93. The maximum atomic E-state index is 13.6. The number of carbonyl (C=O) groups is 1. The number of anilines is 2. The highest BCUT2D eigenvalue weighted by Crippen LogP contribution is 2.43. The zero-order valence-electron chi connectivity index (χ0n) is 24.5. The van der Waals surface area contributed by atoms with Crippen LogP contribution in [0.2, 0.25) is 0 Å². The van der Waals surface area contributed by atoms with E-state index < -0.39 is 29.4 Å². The molecule has 4 aromatic rings. The summed E-state index contributed by atoms with van der Waals surface area (Å²) in [4.78, 5) is 28.1. The Morgan fingerprint density at radius 2 is 1.89 bits per heavy atom. The zero-order valence-corrected chi connectivity index (χ0v) is 24.5. The van der Waals surface area contributed by atoms with Crippen LogP contribution < -0.4 is 15.2 Å². The Hall–Kier alpha value is -5.18. The Labute approximate surface area is 251 Å². The summed E-state index contributed by atoms with van der Waals surface area (Å²) in [5, 5.41) is 16.2. The molecule has 1 atom stereocenters. The van der Waals surface area contributed by atoms with Crippen LogP contribution in [0.5, 0.6) is 0 Å². The fourth-order valence-corrected chi connectivity index (χ4v) is 5.49. The third-order valence-electron chi connectivity index (χ3n) is 7.77. The molecule has 9 nitrogen and oxygen atoms in total. The van der Waals surface area contributed by atoms with Crippen molar-refractivity contribution >= 4 is 17.6 Å². The number of nitrogens with zero attached hydrogens (tertiary/aromatic N) is 5. The summed E-state index contributed by atoms with van der Waals surface area (Å²) in [6.45, 7) is 6.32. The maximum Gasteiger partial charge on any atom is 0.416 e. The van der Waals surface area contributed by atoms with Crippen LogP contribution in [-0.2, 0) is 28.7 Å². The first-order valence-corrected chi connectivity index (χ1v) is 13.9. The van der Waals surface area contributed by atoms with Crippen LogP contribution in [0.4, 0.5) is 24.8 Å². The summed E-state index contributed by atoms with van der Waals surface area (Å²) in [6, 6.07) is 14.7. The fraction of sp³-hybridized carbons (Fsp3) is 0.281. The Bertz CT molecular complexity index is 1850. The van der Waals surface area contributed by atoms with E-state index in [1.807, 2.05) is 29.1 Å². The molecule has 44 heavy (non-hydrogen) atoms. The molecule has 3 heterocycles. The van der Waals surface area contributed by atoms with Gasteiger partial charge in [-0.3, -0.25) is 4.90 Å². The molecule has 0 bridgehead atoms. The number of pyridine rings is 1. The van der Waals surface area contributed by atoms with Crippen LogP contribution in [0.1, 0.15) is 60.5 Å². The van der Waals surface area contributed by atoms with E-state index >= 15 is 0 Å². The number of esters is 1. The average molecular weight is 604 g/mol. The summed E-state index contributed by atoms with van der Waals surface area (Å²) < 4.78 is 49.3. The molecule has 226 valence electrons. The second-order valence-corrected chi connectivity index (χ2v) is 10.8. The number of allylic oxidation sites excluding steroid dienone is 1. The number of carbonyl (C=O) groups excluding carboxylic acids is 1. The van der Waals surface area contributed by atoms with Gasteiger partial charge in [0.1, 0.15) is 6.04 Å². The average Bonchev–Trinajstić information content (AvgIpc) is 3.39. The first-order chi connectivity index (χ1) is 20.9. The van der Waals surface area contributed by atoms with Crippen molar-refractivity contribution in [1.82, 2.24) is 14.8 Å². The largest absolute Gasteiger partial charge is 0.466 e. The van der Waals surface area contributed by atoms with Crippen molar-refractivity contribution in [3.05, 3.63) is 117 Å². The maximum absolute atomic E-state index is 13.6. The van der Waals surface area contributed by atoms with Crippen molar-refractivity contribution < 1.29 is 27.3 Å². The molecule has 1 unspecified atom stereocenters. The minimum atomic E-state index is -4.62. The van der Waals surface area contributed by atoms with E-state index in [-0.39, 0.29) is 22.9 Å². The second-order valence-electron chi connectivity index (χ2n) is 10.8. The first-order valence-electron chi connectivity index (χ1n) is 13.9. The zero-order chi connectivity index (χ0) is 31.8. The molecule has 0 spiro atoms. The number of rotatable bonds is 7. The molecule has 0 saturated carbocycles. The van der Waals surface area contributed by atoms with E-state index in [9.17, 15) is 28.0 Å². The predicted octanol–water partition coefficient (Wildman–Crippen LogP) is 5.30. The number of benzene rings is 2. The molecule has 1 aliphatic rings. The number of alkyl halides is 3. The van der Waals surface area contributed by atoms with Crippen molar-refractivity contribution in [2.75, 3.05) is 12.0 Å². The van der Waals surface area contributed by atoms with Gasteiger partial charge < -0.3 is 4.74 Å². The summed E-state index contributed by atoms with van der Waals surface area (Å²) in [5.41, 5.74) is 1.60. The van der Waals surface area contributed by atoms with Gasteiger partial charge in [0.25, 0.3) is 0 Å². The number of nitrogens with one attached hydrogen (secondary N) is 1. The summed E-state index contributed by atoms with van der Waals surface area (Å²) >= 11 is 0. The molecule has 5 rings (SSSR count). The van der Waals surface area contributed by atoms with Crippen LogP contribution in [0.3, 0.4) is 0 Å². The monoisotopic (exact) mass is 603 g/mol. The van der Waals surface area contributed by atoms with Crippen molar-refractivity contribution in [2.24, 2.45) is 0 Å². The molecular formula is C32H30F3N6O3+.